The molecule has 0 aliphatic carbocycles. The molecule has 4 heteroatoms. The Morgan fingerprint density at radius 1 is 1.47 bits per heavy atom. The Kier molecular flexibility index (Phi) is 2.34. The average Bonchev–Trinajstić information content (AvgIpc) is 2.15. The van der Waals surface area contributed by atoms with Crippen LogP contribution in [-0.4, -0.2) is 11.9 Å². The lowest BCUT2D eigenvalue weighted by atomic mass is 10.0. The Labute approximate surface area is 86.9 Å². The third-order valence-corrected chi connectivity index (χ3v) is 2.48. The summed E-state index contributed by atoms with van der Waals surface area (Å²) in [5, 5.41) is 0. The maximum absolute atomic E-state index is 11.6. The maximum atomic E-state index is 11.6. The summed E-state index contributed by atoms with van der Waals surface area (Å²) in [6.45, 7) is 3.60. The van der Waals surface area contributed by atoms with E-state index < -0.39 is 5.63 Å². The molecule has 1 aromatic rings. The fraction of sp³-hybridized carbons (Fsp3) is 0.455. The van der Waals surface area contributed by atoms with Gasteiger partial charge < -0.3 is 9.15 Å². The van der Waals surface area contributed by atoms with Crippen LogP contribution in [0.25, 0.3) is 0 Å². The molecule has 0 fully saturated rings. The summed E-state index contributed by atoms with van der Waals surface area (Å²) < 4.78 is 10.4. The van der Waals surface area contributed by atoms with Gasteiger partial charge in [-0.05, 0) is 13.3 Å². The first kappa shape index (κ1) is 9.96. The molecule has 1 aliphatic rings. The highest BCUT2D eigenvalue weighted by Gasteiger charge is 2.29. The van der Waals surface area contributed by atoms with E-state index in [-0.39, 0.29) is 23.9 Å². The second kappa shape index (κ2) is 3.53. The SMILES string of the molecule is CCC1CC(=O)c2c(cc(C)oc2=O)O1. The van der Waals surface area contributed by atoms with Gasteiger partial charge in [-0.3, -0.25) is 4.79 Å². The number of Topliss-reactive ketones (excluding diaryl/α,β-unsaturated/α-hetero) is 1. The molecule has 2 heterocycles. The van der Waals surface area contributed by atoms with E-state index in [1.54, 1.807) is 13.0 Å². The quantitative estimate of drug-likeness (QED) is 0.704. The minimum atomic E-state index is -0.593. The van der Waals surface area contributed by atoms with Crippen molar-refractivity contribution in [3.8, 4) is 5.75 Å². The molecule has 0 aromatic carbocycles. The molecule has 80 valence electrons. The highest BCUT2D eigenvalue weighted by molar-refractivity contribution is 5.99. The van der Waals surface area contributed by atoms with Crippen LogP contribution in [0.1, 0.15) is 35.9 Å². The Morgan fingerprint density at radius 2 is 2.20 bits per heavy atom. The van der Waals surface area contributed by atoms with E-state index in [4.69, 9.17) is 9.15 Å². The normalized spacial score (nSPS) is 19.6. The lowest BCUT2D eigenvalue weighted by Crippen LogP contribution is -2.30. The van der Waals surface area contributed by atoms with E-state index >= 15 is 0 Å². The molecule has 0 saturated heterocycles. The Morgan fingerprint density at radius 3 is 2.87 bits per heavy atom. The number of hydrogen-bond donors (Lipinski definition) is 0. The number of ketones is 1. The van der Waals surface area contributed by atoms with Crippen molar-refractivity contribution in [2.45, 2.75) is 32.8 Å². The summed E-state index contributed by atoms with van der Waals surface area (Å²) in [6.07, 6.45) is 0.896. The number of ether oxygens (including phenoxy) is 1. The number of fused-ring (bicyclic) bond motifs is 1. The van der Waals surface area contributed by atoms with E-state index in [2.05, 4.69) is 0 Å². The van der Waals surface area contributed by atoms with Crippen molar-refractivity contribution >= 4 is 5.78 Å². The Hall–Kier alpha value is -1.58. The van der Waals surface area contributed by atoms with Gasteiger partial charge in [0.05, 0.1) is 0 Å². The molecule has 2 rings (SSSR count). The molecule has 1 aliphatic heterocycles. The van der Waals surface area contributed by atoms with Crippen LogP contribution in [0.3, 0.4) is 0 Å². The van der Waals surface area contributed by atoms with Crippen molar-refractivity contribution in [1.82, 2.24) is 0 Å². The van der Waals surface area contributed by atoms with Gasteiger partial charge in [0, 0.05) is 12.5 Å². The molecule has 1 unspecified atom stereocenters. The molecule has 15 heavy (non-hydrogen) atoms. The number of hydrogen-bond acceptors (Lipinski definition) is 4. The second-order valence-corrected chi connectivity index (χ2v) is 3.66. The van der Waals surface area contributed by atoms with E-state index in [1.165, 1.54) is 0 Å². The molecule has 0 N–H and O–H groups in total. The highest BCUT2D eigenvalue weighted by atomic mass is 16.5. The zero-order chi connectivity index (χ0) is 11.0. The smallest absolute Gasteiger partial charge is 0.350 e. The lowest BCUT2D eigenvalue weighted by molar-refractivity contribution is 0.0835. The van der Waals surface area contributed by atoms with Crippen LogP contribution in [0, 0.1) is 6.92 Å². The highest BCUT2D eigenvalue weighted by Crippen LogP contribution is 2.26. The van der Waals surface area contributed by atoms with Crippen molar-refractivity contribution in [2.24, 2.45) is 0 Å². The maximum Gasteiger partial charge on any atom is 0.350 e. The Balaban J connectivity index is 2.55. The van der Waals surface area contributed by atoms with Crippen LogP contribution in [0.2, 0.25) is 0 Å². The molecule has 1 aromatic heterocycles. The predicted molar refractivity (Wildman–Crippen MR) is 53.4 cm³/mol. The third-order valence-electron chi connectivity index (χ3n) is 2.48. The van der Waals surface area contributed by atoms with Gasteiger partial charge in [-0.1, -0.05) is 6.92 Å². The van der Waals surface area contributed by atoms with E-state index in [1.807, 2.05) is 6.92 Å². The number of carbonyl (C=O) groups excluding carboxylic acids is 1. The van der Waals surface area contributed by atoms with E-state index in [0.29, 0.717) is 11.5 Å². The zero-order valence-electron chi connectivity index (χ0n) is 8.70. The first-order chi connectivity index (χ1) is 7.11. The first-order valence-corrected chi connectivity index (χ1v) is 4.96. The van der Waals surface area contributed by atoms with Crippen LogP contribution in [0.5, 0.6) is 5.75 Å². The standard InChI is InChI=1S/C11H12O4/c1-3-7-5-8(12)10-9(15-7)4-6(2)14-11(10)13/h4,7H,3,5H2,1-2H3. The van der Waals surface area contributed by atoms with Gasteiger partial charge in [0.25, 0.3) is 0 Å². The average molecular weight is 208 g/mol. The van der Waals surface area contributed by atoms with Crippen LogP contribution in [-0.2, 0) is 0 Å². The van der Waals surface area contributed by atoms with Gasteiger partial charge >= 0.3 is 5.63 Å². The van der Waals surface area contributed by atoms with Crippen molar-refractivity contribution in [2.75, 3.05) is 0 Å². The van der Waals surface area contributed by atoms with Gasteiger partial charge in [-0.2, -0.15) is 0 Å². The molecular formula is C11H12O4. The molecule has 0 spiro atoms. The van der Waals surface area contributed by atoms with Crippen molar-refractivity contribution < 1.29 is 13.9 Å². The first-order valence-electron chi connectivity index (χ1n) is 4.96. The molecule has 0 saturated carbocycles. The fourth-order valence-electron chi connectivity index (χ4n) is 1.69. The van der Waals surface area contributed by atoms with Gasteiger partial charge in [0.1, 0.15) is 23.2 Å². The summed E-state index contributed by atoms with van der Waals surface area (Å²) in [5.74, 6) is 0.645. The van der Waals surface area contributed by atoms with Gasteiger partial charge in [-0.25, -0.2) is 4.79 Å². The molecular weight excluding hydrogens is 196 g/mol. The molecule has 4 nitrogen and oxygen atoms in total. The van der Waals surface area contributed by atoms with Gasteiger partial charge in [0.2, 0.25) is 0 Å². The van der Waals surface area contributed by atoms with E-state index in [9.17, 15) is 9.59 Å². The Bertz CT molecular complexity index is 458. The van der Waals surface area contributed by atoms with E-state index in [0.717, 1.165) is 6.42 Å². The minimum absolute atomic E-state index is 0.0605. The third kappa shape index (κ3) is 1.67. The monoisotopic (exact) mass is 208 g/mol. The number of aryl methyl sites for hydroxylation is 1. The van der Waals surface area contributed by atoms with Gasteiger partial charge in [0.15, 0.2) is 5.78 Å². The number of carbonyl (C=O) groups is 1. The van der Waals surface area contributed by atoms with Crippen LogP contribution < -0.4 is 10.4 Å². The number of rotatable bonds is 1. The van der Waals surface area contributed by atoms with Crippen LogP contribution in [0.4, 0.5) is 0 Å². The lowest BCUT2D eigenvalue weighted by Gasteiger charge is -2.23. The van der Waals surface area contributed by atoms with Crippen molar-refractivity contribution in [3.63, 3.8) is 0 Å². The topological polar surface area (TPSA) is 56.5 Å². The predicted octanol–water partition coefficient (Wildman–Crippen LogP) is 1.69. The molecule has 0 bridgehead atoms. The van der Waals surface area contributed by atoms with Crippen LogP contribution >= 0.6 is 0 Å². The minimum Gasteiger partial charge on any atom is -0.489 e. The van der Waals surface area contributed by atoms with Crippen molar-refractivity contribution in [3.05, 3.63) is 27.8 Å². The zero-order valence-corrected chi connectivity index (χ0v) is 8.70. The molecule has 1 atom stereocenters. The summed E-state index contributed by atoms with van der Waals surface area (Å²) in [7, 11) is 0. The summed E-state index contributed by atoms with van der Waals surface area (Å²) >= 11 is 0. The van der Waals surface area contributed by atoms with Crippen LogP contribution in [0.15, 0.2) is 15.3 Å². The summed E-state index contributed by atoms with van der Waals surface area (Å²) in [5.41, 5.74) is -0.533. The van der Waals surface area contributed by atoms with Gasteiger partial charge in [-0.15, -0.1) is 0 Å². The van der Waals surface area contributed by atoms with Crippen molar-refractivity contribution in [1.29, 1.82) is 0 Å². The molecule has 0 amide bonds. The largest absolute Gasteiger partial charge is 0.489 e. The fourth-order valence-corrected chi connectivity index (χ4v) is 1.69. The second-order valence-electron chi connectivity index (χ2n) is 3.66. The molecule has 0 radical (unpaired) electrons. The summed E-state index contributed by atoms with van der Waals surface area (Å²) in [4.78, 5) is 23.1. The summed E-state index contributed by atoms with van der Waals surface area (Å²) in [6, 6.07) is 1.59.